The molecule has 4 aliphatic rings. The first kappa shape index (κ1) is 59.2. The lowest BCUT2D eigenvalue weighted by atomic mass is 9.78. The van der Waals surface area contributed by atoms with Gasteiger partial charge in [-0.15, -0.1) is 0 Å². The molecule has 70 heavy (non-hydrogen) atoms. The Morgan fingerprint density at radius 1 is 0.843 bits per heavy atom. The van der Waals surface area contributed by atoms with Gasteiger partial charge in [-0.1, -0.05) is 71.1 Å². The van der Waals surface area contributed by atoms with Gasteiger partial charge in [0.1, 0.15) is 30.1 Å². The average Bonchev–Trinajstić information content (AvgIpc) is 3.34. The van der Waals surface area contributed by atoms with Crippen LogP contribution in [0.2, 0.25) is 0 Å². The standard InChI is InChI=1S/C55H87NO14/c1-12-67-26-27-68-45-24-22-41(31-48(45)65-10)30-37(5)47-33-44(57)36(4)29-39(7)50(59)51(66-11)49(58)38(6)28-34(2)18-14-13-15-19-35(3)46(64-9)32-42-23-21-40(8)55(63,70-42)52(60)53(61)56-25-17-16-20-43(56)54(62)69-47/h13-15,18-19,29,34,36-38,40-43,45-48,50-51,59,63H,12,16-17,20-28,30-33H2,1-11H3/b15-13+,18-14+,35-19+,39-29+/t34-,36+,37+,38+,40+,41+,42-,43-,45+,46-,47-,48+,50+,51-,55+/m0/s1. The lowest BCUT2D eigenvalue weighted by Crippen LogP contribution is -2.61. The second-order valence-corrected chi connectivity index (χ2v) is 20.6. The molecule has 0 unspecified atom stereocenters. The molecular weight excluding hydrogens is 899 g/mol. The number of carbonyl (C=O) groups excluding carboxylic acids is 5. The number of nitrogens with zero attached hydrogens (tertiary/aromatic N) is 1. The van der Waals surface area contributed by atoms with Crippen molar-refractivity contribution in [1.82, 2.24) is 4.90 Å². The number of ketones is 3. The SMILES string of the molecule is CCOCCO[C@@H]1CC[C@H](C[C@@H](C)[C@@H]2CC(=O)[C@H](C)/C=C(\C)[C@@H](O)[C@@H](OC)C(=O)[C@H](C)C[C@@H](C)/C=C/C=C/C=C(\C)[C@@H](OC)C[C@@H]3CC[C@@H](C)[C@@](O)(O3)C(=O)C(=O)N3CCCC[C@H]3C(=O)O2)C[C@H]1OC. The van der Waals surface area contributed by atoms with Gasteiger partial charge >= 0.3 is 5.97 Å². The molecule has 0 aromatic heterocycles. The number of aliphatic hydroxyl groups excluding tert-OH is 1. The predicted octanol–water partition coefficient (Wildman–Crippen LogP) is 7.24. The summed E-state index contributed by atoms with van der Waals surface area (Å²) < 4.78 is 41.5. The number of fused-ring (bicyclic) bond motifs is 3. The smallest absolute Gasteiger partial charge is 0.329 e. The van der Waals surface area contributed by atoms with Crippen molar-refractivity contribution in [2.24, 2.45) is 35.5 Å². The molecule has 3 aliphatic heterocycles. The van der Waals surface area contributed by atoms with Gasteiger partial charge in [-0.3, -0.25) is 19.2 Å². The van der Waals surface area contributed by atoms with E-state index in [9.17, 15) is 34.2 Å². The molecule has 15 atom stereocenters. The molecule has 1 aliphatic carbocycles. The molecule has 0 aromatic rings. The minimum absolute atomic E-state index is 0.0195. The summed E-state index contributed by atoms with van der Waals surface area (Å²) in [4.78, 5) is 72.4. The Balaban J connectivity index is 1.68. The highest BCUT2D eigenvalue weighted by Crippen LogP contribution is 2.38. The predicted molar refractivity (Wildman–Crippen MR) is 265 cm³/mol. The molecule has 396 valence electrons. The number of cyclic esters (lactones) is 1. The van der Waals surface area contributed by atoms with Crippen molar-refractivity contribution in [2.75, 3.05) is 47.7 Å². The van der Waals surface area contributed by atoms with E-state index in [1.807, 2.05) is 65.0 Å². The minimum atomic E-state index is -2.43. The normalized spacial score (nSPS) is 38.4. The Hall–Kier alpha value is -3.41. The van der Waals surface area contributed by atoms with Crippen LogP contribution in [0.15, 0.2) is 47.6 Å². The van der Waals surface area contributed by atoms with Gasteiger partial charge < -0.3 is 48.3 Å². The van der Waals surface area contributed by atoms with Crippen LogP contribution in [0.25, 0.3) is 0 Å². The van der Waals surface area contributed by atoms with E-state index in [0.717, 1.165) is 18.4 Å². The summed E-state index contributed by atoms with van der Waals surface area (Å²) in [6.07, 6.45) is 12.4. The number of rotatable bonds is 11. The van der Waals surface area contributed by atoms with Crippen molar-refractivity contribution >= 4 is 29.2 Å². The highest BCUT2D eigenvalue weighted by Gasteiger charge is 2.53. The van der Waals surface area contributed by atoms with Crippen molar-refractivity contribution in [3.8, 4) is 0 Å². The lowest BCUT2D eigenvalue weighted by Gasteiger charge is -2.42. The van der Waals surface area contributed by atoms with Crippen molar-refractivity contribution in [3.05, 3.63) is 47.6 Å². The van der Waals surface area contributed by atoms with Gasteiger partial charge in [0, 0.05) is 65.1 Å². The summed E-state index contributed by atoms with van der Waals surface area (Å²) in [5.74, 6) is -7.83. The van der Waals surface area contributed by atoms with Crippen LogP contribution in [0.1, 0.15) is 132 Å². The molecule has 3 fully saturated rings. The van der Waals surface area contributed by atoms with Crippen molar-refractivity contribution in [2.45, 2.75) is 187 Å². The summed E-state index contributed by atoms with van der Waals surface area (Å²) in [7, 11) is 4.64. The zero-order chi connectivity index (χ0) is 51.7. The lowest BCUT2D eigenvalue weighted by molar-refractivity contribution is -0.265. The molecule has 0 radical (unpaired) electrons. The summed E-state index contributed by atoms with van der Waals surface area (Å²) >= 11 is 0. The molecule has 0 aromatic carbocycles. The van der Waals surface area contributed by atoms with Crippen LogP contribution >= 0.6 is 0 Å². The number of methoxy groups -OCH3 is 3. The molecule has 15 heteroatoms. The van der Waals surface area contributed by atoms with E-state index in [1.54, 1.807) is 41.1 Å². The van der Waals surface area contributed by atoms with E-state index in [0.29, 0.717) is 76.8 Å². The number of piperidine rings is 1. The number of hydrogen-bond donors (Lipinski definition) is 2. The van der Waals surface area contributed by atoms with E-state index < -0.39 is 77.8 Å². The monoisotopic (exact) mass is 986 g/mol. The van der Waals surface area contributed by atoms with Gasteiger partial charge in [-0.2, -0.15) is 0 Å². The topological polar surface area (TPSA) is 194 Å². The zero-order valence-corrected chi connectivity index (χ0v) is 44.1. The number of allylic oxidation sites excluding steroid dienone is 6. The fraction of sp³-hybridized carbons (Fsp3) is 0.764. The van der Waals surface area contributed by atoms with Crippen LogP contribution < -0.4 is 0 Å². The molecule has 2 saturated heterocycles. The maximum absolute atomic E-state index is 14.5. The Labute approximate surface area is 418 Å². The van der Waals surface area contributed by atoms with E-state index in [4.69, 9.17) is 33.2 Å². The van der Waals surface area contributed by atoms with Crippen LogP contribution in [0.4, 0.5) is 0 Å². The molecule has 1 amide bonds. The fourth-order valence-electron chi connectivity index (χ4n) is 10.7. The minimum Gasteiger partial charge on any atom is -0.460 e. The van der Waals surface area contributed by atoms with Crippen molar-refractivity contribution in [3.63, 3.8) is 0 Å². The molecule has 4 rings (SSSR count). The quantitative estimate of drug-likeness (QED) is 0.0911. The third kappa shape index (κ3) is 16.3. The molecule has 3 heterocycles. The number of ether oxygens (including phenoxy) is 7. The molecule has 0 spiro atoms. The third-order valence-electron chi connectivity index (χ3n) is 15.2. The van der Waals surface area contributed by atoms with Crippen LogP contribution in [0.5, 0.6) is 0 Å². The first-order valence-corrected chi connectivity index (χ1v) is 26.0. The number of Topliss-reactive ketones (excluding diaryl/α,β-unsaturated/α-hetero) is 3. The Morgan fingerprint density at radius 2 is 1.59 bits per heavy atom. The van der Waals surface area contributed by atoms with Crippen LogP contribution in [-0.2, 0) is 57.1 Å². The molecule has 2 bridgehead atoms. The fourth-order valence-corrected chi connectivity index (χ4v) is 10.7. The van der Waals surface area contributed by atoms with Gasteiger partial charge in [0.15, 0.2) is 5.78 Å². The van der Waals surface area contributed by atoms with Gasteiger partial charge in [-0.05, 0) is 114 Å². The number of hydrogen-bond acceptors (Lipinski definition) is 14. The van der Waals surface area contributed by atoms with E-state index in [-0.39, 0.29) is 60.9 Å². The number of aliphatic hydroxyl groups is 2. The van der Waals surface area contributed by atoms with Crippen molar-refractivity contribution in [1.29, 1.82) is 0 Å². The Bertz CT molecular complexity index is 1840. The molecular formula is C55H87NO14. The van der Waals surface area contributed by atoms with Gasteiger partial charge in [-0.25, -0.2) is 4.79 Å². The summed E-state index contributed by atoms with van der Waals surface area (Å²) in [5.41, 5.74) is 1.28. The summed E-state index contributed by atoms with van der Waals surface area (Å²) in [6.45, 7) is 16.4. The van der Waals surface area contributed by atoms with E-state index in [1.165, 1.54) is 12.0 Å². The third-order valence-corrected chi connectivity index (χ3v) is 15.2. The van der Waals surface area contributed by atoms with E-state index >= 15 is 0 Å². The summed E-state index contributed by atoms with van der Waals surface area (Å²) in [5, 5.41) is 23.5. The summed E-state index contributed by atoms with van der Waals surface area (Å²) in [6, 6.07) is -1.14. The van der Waals surface area contributed by atoms with Gasteiger partial charge in [0.2, 0.25) is 5.79 Å². The largest absolute Gasteiger partial charge is 0.460 e. The second kappa shape index (κ2) is 28.7. The van der Waals surface area contributed by atoms with Gasteiger partial charge in [0.05, 0.1) is 37.6 Å². The maximum Gasteiger partial charge on any atom is 0.329 e. The van der Waals surface area contributed by atoms with Crippen molar-refractivity contribution < 1.29 is 67.3 Å². The van der Waals surface area contributed by atoms with Crippen LogP contribution in [0.3, 0.4) is 0 Å². The first-order valence-electron chi connectivity index (χ1n) is 26.0. The number of amides is 1. The number of carbonyl (C=O) groups is 5. The molecule has 15 nitrogen and oxygen atoms in total. The maximum atomic E-state index is 14.5. The number of esters is 1. The zero-order valence-electron chi connectivity index (χ0n) is 44.1. The van der Waals surface area contributed by atoms with Gasteiger partial charge in [0.25, 0.3) is 11.7 Å². The van der Waals surface area contributed by atoms with Crippen LogP contribution in [0, 0.1) is 35.5 Å². The first-order chi connectivity index (χ1) is 33.3. The Morgan fingerprint density at radius 3 is 2.27 bits per heavy atom. The molecule has 1 saturated carbocycles. The molecule has 2 N–H and O–H groups in total. The van der Waals surface area contributed by atoms with E-state index in [2.05, 4.69) is 0 Å². The highest BCUT2D eigenvalue weighted by atomic mass is 16.6. The Kier molecular flexibility index (Phi) is 24.3. The highest BCUT2D eigenvalue weighted by molar-refractivity contribution is 6.39. The van der Waals surface area contributed by atoms with Crippen LogP contribution in [-0.4, -0.2) is 147 Å². The second-order valence-electron chi connectivity index (χ2n) is 20.6. The average molecular weight is 986 g/mol.